The second kappa shape index (κ2) is 6.52. The zero-order chi connectivity index (χ0) is 6.24. The molecule has 8 heavy (non-hydrogen) atoms. The Kier molecular flexibility index (Phi) is 6.13. The third-order valence-corrected chi connectivity index (χ3v) is 0.654. The highest BCUT2D eigenvalue weighted by Crippen LogP contribution is 1.81. The standard InChI is InChI=1S/C7H11O/c1-3-4-5-6-7-8-2/h7H,3-4H2,1-2H3. The molecular weight excluding hydrogens is 100 g/mol. The number of methoxy groups -OCH3 is 1. The number of unbranched alkanes of at least 4 members (excludes halogenated alkanes) is 1. The van der Waals surface area contributed by atoms with Crippen LogP contribution in [0.2, 0.25) is 0 Å². The van der Waals surface area contributed by atoms with Gasteiger partial charge in [0.2, 0.25) is 0 Å². The Labute approximate surface area is 51.0 Å². The van der Waals surface area contributed by atoms with Crippen molar-refractivity contribution in [2.45, 2.75) is 19.8 Å². The van der Waals surface area contributed by atoms with Gasteiger partial charge in [0.1, 0.15) is 0 Å². The van der Waals surface area contributed by atoms with E-state index in [-0.39, 0.29) is 0 Å². The van der Waals surface area contributed by atoms with Gasteiger partial charge in [0.25, 0.3) is 0 Å². The van der Waals surface area contributed by atoms with Gasteiger partial charge in [0, 0.05) is 13.5 Å². The van der Waals surface area contributed by atoms with E-state index in [0.717, 1.165) is 12.8 Å². The fourth-order valence-electron chi connectivity index (χ4n) is 0.298. The number of ether oxygens (including phenoxy) is 1. The van der Waals surface area contributed by atoms with Crippen LogP contribution in [0.3, 0.4) is 0 Å². The fourth-order valence-corrected chi connectivity index (χ4v) is 0.298. The lowest BCUT2D eigenvalue weighted by atomic mass is 10.3. The molecule has 0 aliphatic rings. The first-order valence-electron chi connectivity index (χ1n) is 2.74. The molecule has 0 fully saturated rings. The van der Waals surface area contributed by atoms with Crippen molar-refractivity contribution in [3.63, 3.8) is 0 Å². The van der Waals surface area contributed by atoms with Gasteiger partial charge in [0.15, 0.2) is 6.61 Å². The number of hydrogen-bond acceptors (Lipinski definition) is 1. The Morgan fingerprint density at radius 1 is 1.62 bits per heavy atom. The van der Waals surface area contributed by atoms with Crippen LogP contribution in [0.5, 0.6) is 0 Å². The van der Waals surface area contributed by atoms with E-state index in [1.807, 2.05) is 0 Å². The normalized spacial score (nSPS) is 7.75. The molecule has 0 aromatic heterocycles. The monoisotopic (exact) mass is 111 g/mol. The highest BCUT2D eigenvalue weighted by molar-refractivity contribution is 5.05. The first-order chi connectivity index (χ1) is 3.91. The summed E-state index contributed by atoms with van der Waals surface area (Å²) in [6, 6.07) is 0. The molecule has 1 heteroatoms. The summed E-state index contributed by atoms with van der Waals surface area (Å²) in [6.07, 6.45) is 2.07. The Morgan fingerprint density at radius 2 is 2.38 bits per heavy atom. The summed E-state index contributed by atoms with van der Waals surface area (Å²) in [7, 11) is 1.60. The smallest absolute Gasteiger partial charge is 0.155 e. The summed E-state index contributed by atoms with van der Waals surface area (Å²) in [5.41, 5.74) is 0. The lowest BCUT2D eigenvalue weighted by molar-refractivity contribution is 0.301. The fraction of sp³-hybridized carbons (Fsp3) is 0.571. The summed E-state index contributed by atoms with van der Waals surface area (Å²) in [6.45, 7) is 3.59. The van der Waals surface area contributed by atoms with Crippen LogP contribution in [-0.2, 0) is 4.74 Å². The van der Waals surface area contributed by atoms with Gasteiger partial charge in [-0.2, -0.15) is 0 Å². The van der Waals surface area contributed by atoms with Crippen LogP contribution < -0.4 is 0 Å². The molecule has 0 amide bonds. The van der Waals surface area contributed by atoms with Crippen LogP contribution >= 0.6 is 0 Å². The lowest BCUT2D eigenvalue weighted by Crippen LogP contribution is -1.71. The van der Waals surface area contributed by atoms with Gasteiger partial charge in [-0.05, 0) is 6.42 Å². The third-order valence-electron chi connectivity index (χ3n) is 0.654. The van der Waals surface area contributed by atoms with E-state index in [4.69, 9.17) is 0 Å². The molecule has 0 aromatic rings. The minimum Gasteiger partial charge on any atom is -0.365 e. The average molecular weight is 111 g/mol. The van der Waals surface area contributed by atoms with Gasteiger partial charge in [-0.25, -0.2) is 0 Å². The van der Waals surface area contributed by atoms with E-state index in [0.29, 0.717) is 0 Å². The van der Waals surface area contributed by atoms with Gasteiger partial charge >= 0.3 is 0 Å². The van der Waals surface area contributed by atoms with Crippen molar-refractivity contribution in [3.05, 3.63) is 6.61 Å². The van der Waals surface area contributed by atoms with Crippen LogP contribution in [0.4, 0.5) is 0 Å². The second-order valence-electron chi connectivity index (χ2n) is 1.42. The molecule has 0 aliphatic heterocycles. The molecule has 0 saturated carbocycles. The Bertz CT molecular complexity index is 76.3. The third kappa shape index (κ3) is 5.52. The van der Waals surface area contributed by atoms with Crippen LogP contribution in [0.1, 0.15) is 19.8 Å². The van der Waals surface area contributed by atoms with Crippen molar-refractivity contribution in [2.24, 2.45) is 0 Å². The molecule has 0 saturated heterocycles. The molecular formula is C7H11O. The van der Waals surface area contributed by atoms with E-state index in [9.17, 15) is 0 Å². The highest BCUT2D eigenvalue weighted by Gasteiger charge is 1.70. The molecule has 0 N–H and O–H groups in total. The predicted molar refractivity (Wildman–Crippen MR) is 34.0 cm³/mol. The summed E-state index contributed by atoms with van der Waals surface area (Å²) < 4.78 is 4.59. The van der Waals surface area contributed by atoms with Crippen molar-refractivity contribution in [1.82, 2.24) is 0 Å². The van der Waals surface area contributed by atoms with E-state index in [2.05, 4.69) is 23.5 Å². The minimum atomic E-state index is 0.958. The molecule has 0 spiro atoms. The largest absolute Gasteiger partial charge is 0.365 e. The molecule has 0 rings (SSSR count). The van der Waals surface area contributed by atoms with Crippen LogP contribution in [-0.4, -0.2) is 7.11 Å². The zero-order valence-electron chi connectivity index (χ0n) is 5.40. The van der Waals surface area contributed by atoms with E-state index >= 15 is 0 Å². The van der Waals surface area contributed by atoms with Crippen molar-refractivity contribution < 1.29 is 4.74 Å². The summed E-state index contributed by atoms with van der Waals surface area (Å²) in [4.78, 5) is 0. The van der Waals surface area contributed by atoms with Gasteiger partial charge in [-0.15, -0.1) is 5.92 Å². The van der Waals surface area contributed by atoms with Crippen molar-refractivity contribution in [2.75, 3.05) is 7.11 Å². The van der Waals surface area contributed by atoms with Gasteiger partial charge in [0.05, 0.1) is 0 Å². The van der Waals surface area contributed by atoms with Crippen molar-refractivity contribution >= 4 is 0 Å². The van der Waals surface area contributed by atoms with Crippen molar-refractivity contribution in [3.8, 4) is 11.8 Å². The molecule has 0 atom stereocenters. The Hall–Kier alpha value is -0.480. The van der Waals surface area contributed by atoms with Crippen molar-refractivity contribution in [1.29, 1.82) is 0 Å². The maximum atomic E-state index is 4.59. The first kappa shape index (κ1) is 7.52. The summed E-state index contributed by atoms with van der Waals surface area (Å²) in [5.74, 6) is 5.64. The second-order valence-corrected chi connectivity index (χ2v) is 1.42. The summed E-state index contributed by atoms with van der Waals surface area (Å²) >= 11 is 0. The molecule has 1 nitrogen and oxygen atoms in total. The molecule has 0 aliphatic carbocycles. The maximum absolute atomic E-state index is 4.59. The average Bonchev–Trinajstić information content (AvgIpc) is 1.81. The van der Waals surface area contributed by atoms with Crippen LogP contribution in [0.25, 0.3) is 0 Å². The SMILES string of the molecule is CCCC#C[CH]OC. The number of rotatable bonds is 2. The lowest BCUT2D eigenvalue weighted by Gasteiger charge is -1.80. The molecule has 0 unspecified atom stereocenters. The predicted octanol–water partition coefficient (Wildman–Crippen LogP) is 1.60. The molecule has 0 bridgehead atoms. The Morgan fingerprint density at radius 3 is 2.88 bits per heavy atom. The zero-order valence-corrected chi connectivity index (χ0v) is 5.40. The van der Waals surface area contributed by atoms with Gasteiger partial charge < -0.3 is 4.74 Å². The van der Waals surface area contributed by atoms with Gasteiger partial charge in [-0.3, -0.25) is 0 Å². The van der Waals surface area contributed by atoms with Gasteiger partial charge in [-0.1, -0.05) is 12.8 Å². The maximum Gasteiger partial charge on any atom is 0.155 e. The number of hydrogen-bond donors (Lipinski definition) is 0. The quantitative estimate of drug-likeness (QED) is 0.492. The van der Waals surface area contributed by atoms with E-state index < -0.39 is 0 Å². The molecule has 1 radical (unpaired) electrons. The minimum absolute atomic E-state index is 0.958. The first-order valence-corrected chi connectivity index (χ1v) is 2.74. The topological polar surface area (TPSA) is 9.23 Å². The van der Waals surface area contributed by atoms with Crippen LogP contribution in [0, 0.1) is 18.4 Å². The van der Waals surface area contributed by atoms with Crippen LogP contribution in [0.15, 0.2) is 0 Å². The Balaban J connectivity index is 2.95. The molecule has 0 heterocycles. The van der Waals surface area contributed by atoms with E-state index in [1.54, 1.807) is 7.11 Å². The highest BCUT2D eigenvalue weighted by atomic mass is 16.5. The molecule has 45 valence electrons. The van der Waals surface area contributed by atoms with E-state index in [1.165, 1.54) is 6.61 Å². The summed E-state index contributed by atoms with van der Waals surface area (Å²) in [5, 5.41) is 0. The molecule has 0 aromatic carbocycles.